The average Bonchev–Trinajstić information content (AvgIpc) is 2.57. The third-order valence-electron chi connectivity index (χ3n) is 3.36. The van der Waals surface area contributed by atoms with E-state index in [0.717, 1.165) is 6.54 Å². The van der Waals surface area contributed by atoms with Crippen LogP contribution in [0.1, 0.15) is 0 Å². The summed E-state index contributed by atoms with van der Waals surface area (Å²) in [6, 6.07) is 11.7. The molecule has 2 aromatic carbocycles. The van der Waals surface area contributed by atoms with Crippen molar-refractivity contribution in [1.82, 2.24) is 10.2 Å². The van der Waals surface area contributed by atoms with Crippen molar-refractivity contribution in [3.63, 3.8) is 0 Å². The zero-order valence-corrected chi connectivity index (χ0v) is 16.1. The van der Waals surface area contributed by atoms with Crippen LogP contribution in [0, 0.1) is 5.82 Å². The van der Waals surface area contributed by atoms with Crippen LogP contribution in [0.25, 0.3) is 0 Å². The summed E-state index contributed by atoms with van der Waals surface area (Å²) in [6.07, 6.45) is 0. The first-order valence-electron chi connectivity index (χ1n) is 7.85. The van der Waals surface area contributed by atoms with Gasteiger partial charge in [-0.05, 0) is 56.6 Å². The summed E-state index contributed by atoms with van der Waals surface area (Å²) in [5.41, 5.74) is 0.412. The van der Waals surface area contributed by atoms with E-state index in [4.69, 9.17) is 12.2 Å². The number of benzene rings is 2. The summed E-state index contributed by atoms with van der Waals surface area (Å²) < 4.78 is 40.9. The molecule has 0 aromatic heterocycles. The number of rotatable bonds is 7. The molecule has 0 heterocycles. The monoisotopic (exact) mass is 396 g/mol. The Morgan fingerprint density at radius 1 is 1.15 bits per heavy atom. The fraction of sp³-hybridized carbons (Fsp3) is 0.235. The second kappa shape index (κ2) is 8.93. The molecular formula is C17H21FN4O2S2. The first-order chi connectivity index (χ1) is 12.3. The van der Waals surface area contributed by atoms with Crippen LogP contribution in [0.15, 0.2) is 53.4 Å². The number of anilines is 2. The Hall–Kier alpha value is -2.23. The normalized spacial score (nSPS) is 11.2. The third-order valence-corrected chi connectivity index (χ3v) is 4.97. The molecule has 0 saturated carbocycles. The lowest BCUT2D eigenvalue weighted by Gasteiger charge is -2.14. The van der Waals surface area contributed by atoms with E-state index in [1.807, 2.05) is 19.0 Å². The number of thiocarbonyl (C=S) groups is 1. The van der Waals surface area contributed by atoms with Gasteiger partial charge in [-0.1, -0.05) is 18.2 Å². The van der Waals surface area contributed by atoms with Gasteiger partial charge in [-0.3, -0.25) is 4.72 Å². The molecule has 0 atom stereocenters. The van der Waals surface area contributed by atoms with E-state index in [9.17, 15) is 12.8 Å². The molecule has 0 spiro atoms. The summed E-state index contributed by atoms with van der Waals surface area (Å²) >= 11 is 5.19. The molecule has 2 rings (SSSR count). The molecule has 6 nitrogen and oxygen atoms in total. The van der Waals surface area contributed by atoms with Crippen LogP contribution < -0.4 is 15.4 Å². The Morgan fingerprint density at radius 2 is 1.88 bits per heavy atom. The topological polar surface area (TPSA) is 73.5 Å². The number of nitrogens with zero attached hydrogens (tertiary/aromatic N) is 1. The average molecular weight is 397 g/mol. The first kappa shape index (κ1) is 20.1. The molecule has 2 aromatic rings. The van der Waals surface area contributed by atoms with Gasteiger partial charge in [0.15, 0.2) is 5.11 Å². The maximum absolute atomic E-state index is 13.7. The summed E-state index contributed by atoms with van der Waals surface area (Å²) in [6.45, 7) is 1.47. The standard InChI is InChI=1S/C17H21FN4O2S2/c1-22(2)11-10-19-17(25)20-13-6-5-7-14(12-13)26(23,24)21-16-9-4-3-8-15(16)18/h3-9,12,21H,10-11H2,1-2H3,(H2,19,20,25). The van der Waals surface area contributed by atoms with E-state index >= 15 is 0 Å². The largest absolute Gasteiger partial charge is 0.361 e. The van der Waals surface area contributed by atoms with Crippen LogP contribution in [-0.4, -0.2) is 45.6 Å². The van der Waals surface area contributed by atoms with Crippen LogP contribution in [0.4, 0.5) is 15.8 Å². The molecule has 0 amide bonds. The molecule has 3 N–H and O–H groups in total. The van der Waals surface area contributed by atoms with Gasteiger partial charge in [-0.25, -0.2) is 12.8 Å². The zero-order valence-electron chi connectivity index (χ0n) is 14.5. The molecule has 0 fully saturated rings. The van der Waals surface area contributed by atoms with Crippen LogP contribution in [0.5, 0.6) is 0 Å². The molecule has 0 unspecified atom stereocenters. The van der Waals surface area contributed by atoms with Crippen molar-refractivity contribution in [2.75, 3.05) is 37.2 Å². The van der Waals surface area contributed by atoms with Crippen molar-refractivity contribution in [2.45, 2.75) is 4.90 Å². The van der Waals surface area contributed by atoms with Gasteiger partial charge in [0.1, 0.15) is 5.82 Å². The van der Waals surface area contributed by atoms with Gasteiger partial charge in [-0.2, -0.15) is 0 Å². The maximum atomic E-state index is 13.7. The quantitative estimate of drug-likeness (QED) is 0.625. The molecule has 0 aliphatic heterocycles. The van der Waals surface area contributed by atoms with E-state index < -0.39 is 15.8 Å². The van der Waals surface area contributed by atoms with E-state index in [1.54, 1.807) is 18.2 Å². The van der Waals surface area contributed by atoms with Crippen molar-refractivity contribution >= 4 is 38.7 Å². The number of nitrogens with one attached hydrogen (secondary N) is 3. The number of para-hydroxylation sites is 1. The highest BCUT2D eigenvalue weighted by Crippen LogP contribution is 2.21. The van der Waals surface area contributed by atoms with Crippen LogP contribution in [-0.2, 0) is 10.0 Å². The first-order valence-corrected chi connectivity index (χ1v) is 9.74. The van der Waals surface area contributed by atoms with E-state index in [-0.39, 0.29) is 10.6 Å². The Bertz CT molecular complexity index is 873. The SMILES string of the molecule is CN(C)CCNC(=S)Nc1cccc(S(=O)(=O)Nc2ccccc2F)c1. The van der Waals surface area contributed by atoms with E-state index in [0.29, 0.717) is 17.3 Å². The Kier molecular flexibility index (Phi) is 6.90. The van der Waals surface area contributed by atoms with Gasteiger partial charge in [0.05, 0.1) is 10.6 Å². The van der Waals surface area contributed by atoms with E-state index in [1.165, 1.54) is 30.3 Å². The van der Waals surface area contributed by atoms with E-state index in [2.05, 4.69) is 15.4 Å². The zero-order chi connectivity index (χ0) is 19.2. The van der Waals surface area contributed by atoms with Crippen LogP contribution >= 0.6 is 12.2 Å². The Labute approximate surface area is 158 Å². The van der Waals surface area contributed by atoms with Gasteiger partial charge < -0.3 is 15.5 Å². The molecule has 0 saturated heterocycles. The van der Waals surface area contributed by atoms with Crippen molar-refractivity contribution < 1.29 is 12.8 Å². The summed E-state index contributed by atoms with van der Waals surface area (Å²) in [5.74, 6) is -0.642. The van der Waals surface area contributed by atoms with Crippen molar-refractivity contribution in [3.05, 3.63) is 54.3 Å². The highest BCUT2D eigenvalue weighted by molar-refractivity contribution is 7.92. The minimum atomic E-state index is -3.92. The Morgan fingerprint density at radius 3 is 2.58 bits per heavy atom. The number of hydrogen-bond acceptors (Lipinski definition) is 4. The highest BCUT2D eigenvalue weighted by Gasteiger charge is 2.16. The lowest BCUT2D eigenvalue weighted by molar-refractivity contribution is 0.413. The number of likely N-dealkylation sites (N-methyl/N-ethyl adjacent to an activating group) is 1. The summed E-state index contributed by atoms with van der Waals surface area (Å²) in [4.78, 5) is 2.01. The number of sulfonamides is 1. The molecule has 140 valence electrons. The maximum Gasteiger partial charge on any atom is 0.262 e. The van der Waals surface area contributed by atoms with Crippen molar-refractivity contribution in [1.29, 1.82) is 0 Å². The second-order valence-corrected chi connectivity index (χ2v) is 7.89. The minimum Gasteiger partial charge on any atom is -0.361 e. The van der Waals surface area contributed by atoms with Crippen LogP contribution in [0.2, 0.25) is 0 Å². The molecule has 0 aliphatic rings. The lowest BCUT2D eigenvalue weighted by atomic mass is 10.3. The molecule has 0 bridgehead atoms. The third kappa shape index (κ3) is 5.94. The summed E-state index contributed by atoms with van der Waals surface area (Å²) in [5, 5.41) is 6.36. The fourth-order valence-corrected chi connectivity index (χ4v) is 3.39. The second-order valence-electron chi connectivity index (χ2n) is 5.80. The minimum absolute atomic E-state index is 0.00171. The lowest BCUT2D eigenvalue weighted by Crippen LogP contribution is -2.34. The van der Waals surface area contributed by atoms with Crippen molar-refractivity contribution in [2.24, 2.45) is 0 Å². The predicted octanol–water partition coefficient (Wildman–Crippen LogP) is 2.47. The molecule has 9 heteroatoms. The van der Waals surface area contributed by atoms with Crippen LogP contribution in [0.3, 0.4) is 0 Å². The predicted molar refractivity (Wildman–Crippen MR) is 106 cm³/mol. The van der Waals surface area contributed by atoms with Gasteiger partial charge >= 0.3 is 0 Å². The molecule has 0 radical (unpaired) electrons. The van der Waals surface area contributed by atoms with Gasteiger partial charge in [-0.15, -0.1) is 0 Å². The fourth-order valence-electron chi connectivity index (χ4n) is 2.06. The molecule has 26 heavy (non-hydrogen) atoms. The smallest absolute Gasteiger partial charge is 0.262 e. The number of halogens is 1. The van der Waals surface area contributed by atoms with Gasteiger partial charge in [0.25, 0.3) is 10.0 Å². The van der Waals surface area contributed by atoms with Gasteiger partial charge in [0.2, 0.25) is 0 Å². The highest BCUT2D eigenvalue weighted by atomic mass is 32.2. The van der Waals surface area contributed by atoms with Crippen molar-refractivity contribution in [3.8, 4) is 0 Å². The molecular weight excluding hydrogens is 375 g/mol. The molecule has 0 aliphatic carbocycles. The number of hydrogen-bond donors (Lipinski definition) is 3. The van der Waals surface area contributed by atoms with Gasteiger partial charge in [0, 0.05) is 18.8 Å². The Balaban J connectivity index is 2.08. The summed E-state index contributed by atoms with van der Waals surface area (Å²) in [7, 11) is -0.0158.